The largest absolute Gasteiger partial charge is 0.453 e. The fourth-order valence-corrected chi connectivity index (χ4v) is 5.04. The zero-order valence-electron chi connectivity index (χ0n) is 18.2. The lowest BCUT2D eigenvalue weighted by Gasteiger charge is -2.30. The van der Waals surface area contributed by atoms with Crippen LogP contribution in [-0.2, 0) is 4.74 Å². The zero-order chi connectivity index (χ0) is 22.5. The molecule has 0 radical (unpaired) electrons. The Morgan fingerprint density at radius 3 is 2.91 bits per heavy atom. The third kappa shape index (κ3) is 5.14. The molecule has 0 saturated carbocycles. The monoisotopic (exact) mass is 450 g/mol. The van der Waals surface area contributed by atoms with Gasteiger partial charge < -0.3 is 19.9 Å². The molecule has 8 nitrogen and oxygen atoms in total. The average molecular weight is 451 g/mol. The number of likely N-dealkylation sites (tertiary alicyclic amines) is 1. The number of fused-ring (bicyclic) bond motifs is 1. The second-order valence-electron chi connectivity index (χ2n) is 7.82. The molecule has 3 heterocycles. The summed E-state index contributed by atoms with van der Waals surface area (Å²) in [5.74, 6) is 0.603. The first-order valence-corrected chi connectivity index (χ1v) is 11.5. The van der Waals surface area contributed by atoms with E-state index >= 15 is 0 Å². The Balaban J connectivity index is 1.45. The lowest BCUT2D eigenvalue weighted by molar-refractivity contribution is 0.116. The second kappa shape index (κ2) is 9.92. The van der Waals surface area contributed by atoms with Crippen molar-refractivity contribution in [1.82, 2.24) is 19.9 Å². The quantitative estimate of drug-likeness (QED) is 0.562. The average Bonchev–Trinajstić information content (AvgIpc) is 3.20. The number of carbonyl (C=O) groups is 1. The van der Waals surface area contributed by atoms with Gasteiger partial charge in [0.05, 0.1) is 31.2 Å². The highest BCUT2D eigenvalue weighted by Crippen LogP contribution is 2.33. The van der Waals surface area contributed by atoms with E-state index in [0.717, 1.165) is 34.5 Å². The molecule has 1 atom stereocenters. The van der Waals surface area contributed by atoms with E-state index in [1.54, 1.807) is 4.90 Å². The molecule has 1 amide bonds. The maximum Gasteiger partial charge on any atom is 0.409 e. The van der Waals surface area contributed by atoms with Gasteiger partial charge in [0.15, 0.2) is 5.65 Å². The van der Waals surface area contributed by atoms with E-state index in [1.165, 1.54) is 7.11 Å². The third-order valence-electron chi connectivity index (χ3n) is 5.53. The Hall–Kier alpha value is -3.25. The maximum absolute atomic E-state index is 11.7. The summed E-state index contributed by atoms with van der Waals surface area (Å²) in [4.78, 5) is 26.8. The number of nitrogens with zero attached hydrogens (tertiary/aromatic N) is 4. The lowest BCUT2D eigenvalue weighted by atomic mass is 10.0. The van der Waals surface area contributed by atoms with Gasteiger partial charge in [0.2, 0.25) is 5.95 Å². The van der Waals surface area contributed by atoms with Gasteiger partial charge in [0.25, 0.3) is 0 Å². The van der Waals surface area contributed by atoms with E-state index in [9.17, 15) is 10.1 Å². The molecule has 0 unspecified atom stereocenters. The summed E-state index contributed by atoms with van der Waals surface area (Å²) in [7, 11) is 1.42. The number of aryl methyl sites for hydroxylation is 1. The maximum atomic E-state index is 11.7. The number of benzene rings is 1. The summed E-state index contributed by atoms with van der Waals surface area (Å²) in [6, 6.07) is 14.3. The second-order valence-corrected chi connectivity index (χ2v) is 9.19. The number of H-pyrrole nitrogens is 1. The number of ether oxygens (including phenoxy) is 1. The van der Waals surface area contributed by atoms with Crippen molar-refractivity contribution in [3.8, 4) is 6.07 Å². The normalized spacial score (nSPS) is 15.3. The number of carbonyl (C=O) groups excluding carboxylic acids is 1. The van der Waals surface area contributed by atoms with Crippen LogP contribution in [0.15, 0.2) is 41.3 Å². The molecule has 2 N–H and O–H groups in total. The van der Waals surface area contributed by atoms with Crippen molar-refractivity contribution in [3.63, 3.8) is 0 Å². The van der Waals surface area contributed by atoms with Crippen LogP contribution in [0.4, 0.5) is 10.7 Å². The van der Waals surface area contributed by atoms with Crippen molar-refractivity contribution in [2.45, 2.75) is 42.4 Å². The van der Waals surface area contributed by atoms with E-state index in [4.69, 9.17) is 4.74 Å². The Labute approximate surface area is 191 Å². The van der Waals surface area contributed by atoms with Crippen LogP contribution in [0.25, 0.3) is 11.2 Å². The SMILES string of the molecule is COC(=O)N1CCC(Sc2cccc([C@@H](CC#N)Nc3nc4nc(C)ccc4[nH]3)c2)CC1. The molecule has 2 aromatic heterocycles. The first kappa shape index (κ1) is 22.0. The van der Waals surface area contributed by atoms with Crippen LogP contribution in [-0.4, -0.2) is 51.4 Å². The number of hydrogen-bond donors (Lipinski definition) is 2. The molecule has 1 saturated heterocycles. The number of rotatable bonds is 6. The predicted octanol–water partition coefficient (Wildman–Crippen LogP) is 4.66. The van der Waals surface area contributed by atoms with Crippen molar-refractivity contribution in [2.24, 2.45) is 0 Å². The van der Waals surface area contributed by atoms with Crippen LogP contribution in [0.2, 0.25) is 0 Å². The number of aromatic amines is 1. The fraction of sp³-hybridized carbons (Fsp3) is 0.391. The van der Waals surface area contributed by atoms with Gasteiger partial charge in [-0.2, -0.15) is 10.2 Å². The minimum Gasteiger partial charge on any atom is -0.453 e. The Morgan fingerprint density at radius 1 is 1.34 bits per heavy atom. The highest BCUT2D eigenvalue weighted by molar-refractivity contribution is 8.00. The number of piperidine rings is 1. The predicted molar refractivity (Wildman–Crippen MR) is 125 cm³/mol. The smallest absolute Gasteiger partial charge is 0.409 e. The number of aromatic nitrogens is 3. The number of thioether (sulfide) groups is 1. The number of hydrogen-bond acceptors (Lipinski definition) is 7. The van der Waals surface area contributed by atoms with Crippen LogP contribution in [0.3, 0.4) is 0 Å². The summed E-state index contributed by atoms with van der Waals surface area (Å²) in [6.07, 6.45) is 1.91. The molecular weight excluding hydrogens is 424 g/mol. The van der Waals surface area contributed by atoms with E-state index in [1.807, 2.05) is 43.0 Å². The molecule has 1 aliphatic rings. The third-order valence-corrected chi connectivity index (χ3v) is 6.86. The van der Waals surface area contributed by atoms with Gasteiger partial charge in [0, 0.05) is 28.9 Å². The van der Waals surface area contributed by atoms with Gasteiger partial charge in [-0.25, -0.2) is 9.78 Å². The number of pyridine rings is 1. The molecule has 0 aliphatic carbocycles. The summed E-state index contributed by atoms with van der Waals surface area (Å²) >= 11 is 1.82. The van der Waals surface area contributed by atoms with E-state index in [0.29, 0.717) is 36.4 Å². The molecule has 1 aromatic carbocycles. The topological polar surface area (TPSA) is 107 Å². The summed E-state index contributed by atoms with van der Waals surface area (Å²) in [6.45, 7) is 3.35. The Kier molecular flexibility index (Phi) is 6.81. The number of nitrogens with one attached hydrogen (secondary N) is 2. The minimum atomic E-state index is -0.253. The van der Waals surface area contributed by atoms with Crippen molar-refractivity contribution in [2.75, 3.05) is 25.5 Å². The molecule has 3 aromatic rings. The number of methoxy groups -OCH3 is 1. The van der Waals surface area contributed by atoms with Gasteiger partial charge in [-0.3, -0.25) is 0 Å². The van der Waals surface area contributed by atoms with Crippen molar-refractivity contribution >= 4 is 35.0 Å². The Bertz CT molecular complexity index is 1130. The standard InChI is InChI=1S/C23H26N6O2S/c1-15-6-7-20-21(25-15)28-22(27-20)26-19(8-11-24)16-4-3-5-18(14-16)32-17-9-12-29(13-10-17)23(30)31-2/h3-7,14,17,19H,8-10,12-13H2,1-2H3,(H2,25,26,27,28)/t19-/m1/s1. The highest BCUT2D eigenvalue weighted by Gasteiger charge is 2.24. The number of imidazole rings is 1. The van der Waals surface area contributed by atoms with E-state index in [-0.39, 0.29) is 12.1 Å². The number of nitriles is 1. The van der Waals surface area contributed by atoms with Gasteiger partial charge in [-0.1, -0.05) is 12.1 Å². The first-order chi connectivity index (χ1) is 15.6. The lowest BCUT2D eigenvalue weighted by Crippen LogP contribution is -2.39. The van der Waals surface area contributed by atoms with Gasteiger partial charge in [-0.05, 0) is 49.6 Å². The van der Waals surface area contributed by atoms with Crippen LogP contribution in [0.1, 0.15) is 36.6 Å². The molecule has 4 rings (SSSR count). The van der Waals surface area contributed by atoms with Crippen LogP contribution in [0, 0.1) is 18.3 Å². The van der Waals surface area contributed by atoms with E-state index < -0.39 is 0 Å². The molecule has 166 valence electrons. The molecule has 0 bridgehead atoms. The van der Waals surface area contributed by atoms with Crippen molar-refractivity contribution < 1.29 is 9.53 Å². The number of amides is 1. The van der Waals surface area contributed by atoms with Crippen LogP contribution >= 0.6 is 11.8 Å². The van der Waals surface area contributed by atoms with Gasteiger partial charge >= 0.3 is 6.09 Å². The highest BCUT2D eigenvalue weighted by atomic mass is 32.2. The van der Waals surface area contributed by atoms with E-state index in [2.05, 4.69) is 38.5 Å². The van der Waals surface area contributed by atoms with Crippen LogP contribution in [0.5, 0.6) is 0 Å². The Morgan fingerprint density at radius 2 is 2.16 bits per heavy atom. The molecule has 0 spiro atoms. The molecule has 1 fully saturated rings. The summed E-state index contributed by atoms with van der Waals surface area (Å²) in [5, 5.41) is 13.2. The summed E-state index contributed by atoms with van der Waals surface area (Å²) in [5.41, 5.74) is 3.46. The number of anilines is 1. The first-order valence-electron chi connectivity index (χ1n) is 10.6. The molecular formula is C23H26N6O2S. The van der Waals surface area contributed by atoms with Gasteiger partial charge in [-0.15, -0.1) is 11.8 Å². The van der Waals surface area contributed by atoms with Crippen molar-refractivity contribution in [1.29, 1.82) is 5.26 Å². The van der Waals surface area contributed by atoms with Crippen molar-refractivity contribution in [3.05, 3.63) is 47.7 Å². The molecule has 9 heteroatoms. The fourth-order valence-electron chi connectivity index (χ4n) is 3.85. The summed E-state index contributed by atoms with van der Waals surface area (Å²) < 4.78 is 4.82. The minimum absolute atomic E-state index is 0.191. The molecule has 1 aliphatic heterocycles. The zero-order valence-corrected chi connectivity index (χ0v) is 19.0. The molecule has 32 heavy (non-hydrogen) atoms. The van der Waals surface area contributed by atoms with Crippen LogP contribution < -0.4 is 5.32 Å². The van der Waals surface area contributed by atoms with Gasteiger partial charge in [0.1, 0.15) is 0 Å².